The van der Waals surface area contributed by atoms with Gasteiger partial charge < -0.3 is 20.5 Å². The topological polar surface area (TPSA) is 76.8 Å². The minimum absolute atomic E-state index is 0.000135. The molecule has 0 aliphatic carbocycles. The normalized spacial score (nSPS) is 12.4. The molecule has 6 nitrogen and oxygen atoms in total. The number of nitrogens with one attached hydrogen (secondary N) is 1. The first-order chi connectivity index (χ1) is 9.52. The van der Waals surface area contributed by atoms with Crippen molar-refractivity contribution < 1.29 is 14.3 Å². The van der Waals surface area contributed by atoms with Gasteiger partial charge in [0.1, 0.15) is 0 Å². The van der Waals surface area contributed by atoms with Crippen LogP contribution in [-0.4, -0.2) is 68.9 Å². The largest absolute Gasteiger partial charge is 0.393 e. The Morgan fingerprint density at radius 1 is 1.30 bits per heavy atom. The number of hydrogen-bond donors (Lipinski definition) is 2. The lowest BCUT2D eigenvalue weighted by Gasteiger charge is -2.27. The van der Waals surface area contributed by atoms with Crippen LogP contribution in [0.5, 0.6) is 0 Å². The number of nitrogens with two attached hydrogens (primary N) is 1. The van der Waals surface area contributed by atoms with E-state index in [4.69, 9.17) is 27.4 Å². The van der Waals surface area contributed by atoms with E-state index in [1.807, 2.05) is 11.8 Å². The summed E-state index contributed by atoms with van der Waals surface area (Å²) in [6, 6.07) is -0.234. The fourth-order valence-corrected chi connectivity index (χ4v) is 1.79. The van der Waals surface area contributed by atoms with Crippen molar-refractivity contribution in [2.75, 3.05) is 47.1 Å². The van der Waals surface area contributed by atoms with E-state index in [0.717, 1.165) is 6.42 Å². The van der Waals surface area contributed by atoms with Gasteiger partial charge in [-0.05, 0) is 13.3 Å². The summed E-state index contributed by atoms with van der Waals surface area (Å²) >= 11 is 4.88. The lowest BCUT2D eigenvalue weighted by molar-refractivity contribution is -0.126. The summed E-state index contributed by atoms with van der Waals surface area (Å²) in [6.45, 7) is 5.03. The zero-order chi connectivity index (χ0) is 15.4. The third-order valence-electron chi connectivity index (χ3n) is 2.98. The molecular weight excluding hydrogens is 278 g/mol. The molecule has 20 heavy (non-hydrogen) atoms. The van der Waals surface area contributed by atoms with Crippen molar-refractivity contribution >= 4 is 23.1 Å². The van der Waals surface area contributed by atoms with Crippen molar-refractivity contribution in [1.82, 2.24) is 10.2 Å². The first-order valence-corrected chi connectivity index (χ1v) is 7.21. The molecule has 0 aromatic carbocycles. The smallest absolute Gasteiger partial charge is 0.237 e. The van der Waals surface area contributed by atoms with E-state index >= 15 is 0 Å². The van der Waals surface area contributed by atoms with Gasteiger partial charge in [0.2, 0.25) is 5.91 Å². The zero-order valence-corrected chi connectivity index (χ0v) is 13.5. The van der Waals surface area contributed by atoms with Crippen LogP contribution >= 0.6 is 12.2 Å². The van der Waals surface area contributed by atoms with Gasteiger partial charge >= 0.3 is 0 Å². The molecule has 0 heterocycles. The molecule has 0 bridgehead atoms. The number of rotatable bonds is 12. The molecule has 0 radical (unpaired) electrons. The van der Waals surface area contributed by atoms with Crippen LogP contribution in [0.2, 0.25) is 0 Å². The Hall–Kier alpha value is -0.760. The van der Waals surface area contributed by atoms with Gasteiger partial charge in [-0.15, -0.1) is 0 Å². The molecule has 0 saturated heterocycles. The number of nitrogens with zero attached hydrogens (tertiary/aromatic N) is 1. The van der Waals surface area contributed by atoms with Gasteiger partial charge in [0.15, 0.2) is 0 Å². The van der Waals surface area contributed by atoms with E-state index in [2.05, 4.69) is 5.32 Å². The maximum Gasteiger partial charge on any atom is 0.237 e. The first-order valence-electron chi connectivity index (χ1n) is 6.80. The summed E-state index contributed by atoms with van der Waals surface area (Å²) < 4.78 is 10.0. The standard InChI is InChI=1S/C13H27N3O3S/c1-11(13(17)15-6-4-9-18-2)16(8-10-19-3)7-5-12(14)20/h11H,4-10H2,1-3H3,(H2,14,20)(H,15,17). The molecule has 118 valence electrons. The monoisotopic (exact) mass is 305 g/mol. The molecule has 7 heteroatoms. The van der Waals surface area contributed by atoms with Crippen LogP contribution in [0.25, 0.3) is 0 Å². The van der Waals surface area contributed by atoms with E-state index in [1.54, 1.807) is 14.2 Å². The van der Waals surface area contributed by atoms with Gasteiger partial charge in [-0.3, -0.25) is 9.69 Å². The average molecular weight is 305 g/mol. The van der Waals surface area contributed by atoms with Gasteiger partial charge in [-0.2, -0.15) is 0 Å². The Bertz CT molecular complexity index is 290. The highest BCUT2D eigenvalue weighted by Crippen LogP contribution is 2.01. The highest BCUT2D eigenvalue weighted by molar-refractivity contribution is 7.80. The summed E-state index contributed by atoms with van der Waals surface area (Å²) in [7, 11) is 3.29. The van der Waals surface area contributed by atoms with Crippen LogP contribution < -0.4 is 11.1 Å². The molecule has 0 aromatic heterocycles. The number of amides is 1. The van der Waals surface area contributed by atoms with Crippen LogP contribution in [0.3, 0.4) is 0 Å². The fourth-order valence-electron chi connectivity index (χ4n) is 1.70. The second-order valence-corrected chi connectivity index (χ2v) is 5.08. The van der Waals surface area contributed by atoms with Crippen LogP contribution in [-0.2, 0) is 14.3 Å². The first kappa shape index (κ1) is 19.2. The third-order valence-corrected chi connectivity index (χ3v) is 3.18. The summed E-state index contributed by atoms with van der Waals surface area (Å²) in [5.74, 6) is 0.000135. The summed E-state index contributed by atoms with van der Waals surface area (Å²) in [6.07, 6.45) is 1.40. The second kappa shape index (κ2) is 12.0. The van der Waals surface area contributed by atoms with Crippen LogP contribution in [0.15, 0.2) is 0 Å². The molecule has 0 aromatic rings. The van der Waals surface area contributed by atoms with Crippen molar-refractivity contribution in [2.45, 2.75) is 25.8 Å². The van der Waals surface area contributed by atoms with Crippen molar-refractivity contribution in [2.24, 2.45) is 5.73 Å². The van der Waals surface area contributed by atoms with Crippen LogP contribution in [0, 0.1) is 0 Å². The Balaban J connectivity index is 4.23. The average Bonchev–Trinajstić information content (AvgIpc) is 2.42. The molecule has 0 spiro atoms. The number of thiocarbonyl (C=S) groups is 1. The van der Waals surface area contributed by atoms with Crippen molar-refractivity contribution in [1.29, 1.82) is 0 Å². The number of methoxy groups -OCH3 is 2. The Labute approximate surface area is 127 Å². The van der Waals surface area contributed by atoms with Gasteiger partial charge in [-0.1, -0.05) is 12.2 Å². The van der Waals surface area contributed by atoms with Gasteiger partial charge in [0.25, 0.3) is 0 Å². The SMILES string of the molecule is COCCCNC(=O)C(C)N(CCOC)CCC(N)=S. The fraction of sp³-hybridized carbons (Fsp3) is 0.846. The lowest BCUT2D eigenvalue weighted by Crippen LogP contribution is -2.47. The molecule has 1 amide bonds. The molecule has 1 unspecified atom stereocenters. The summed E-state index contributed by atoms with van der Waals surface area (Å²) in [5.41, 5.74) is 5.52. The molecule has 0 aliphatic rings. The maximum absolute atomic E-state index is 12.1. The quantitative estimate of drug-likeness (QED) is 0.395. The van der Waals surface area contributed by atoms with Gasteiger partial charge in [0.05, 0.1) is 17.6 Å². The third kappa shape index (κ3) is 9.19. The van der Waals surface area contributed by atoms with E-state index in [-0.39, 0.29) is 11.9 Å². The van der Waals surface area contributed by atoms with E-state index < -0.39 is 0 Å². The van der Waals surface area contributed by atoms with Crippen molar-refractivity contribution in [3.05, 3.63) is 0 Å². The zero-order valence-electron chi connectivity index (χ0n) is 12.7. The number of carbonyl (C=O) groups excluding carboxylic acids is 1. The minimum atomic E-state index is -0.234. The van der Waals surface area contributed by atoms with Crippen LogP contribution in [0.1, 0.15) is 19.8 Å². The van der Waals surface area contributed by atoms with Crippen LogP contribution in [0.4, 0.5) is 0 Å². The Morgan fingerprint density at radius 3 is 2.50 bits per heavy atom. The highest BCUT2D eigenvalue weighted by atomic mass is 32.1. The summed E-state index contributed by atoms with van der Waals surface area (Å²) in [5, 5.41) is 2.90. The van der Waals surface area contributed by atoms with Gasteiger partial charge in [-0.25, -0.2) is 0 Å². The van der Waals surface area contributed by atoms with Gasteiger partial charge in [0, 0.05) is 46.9 Å². The molecular formula is C13H27N3O3S. The molecule has 1 atom stereocenters. The summed E-state index contributed by atoms with van der Waals surface area (Å²) in [4.78, 5) is 14.5. The Morgan fingerprint density at radius 2 is 1.95 bits per heavy atom. The number of hydrogen-bond acceptors (Lipinski definition) is 5. The number of ether oxygens (including phenoxy) is 2. The molecule has 0 aliphatic heterocycles. The van der Waals surface area contributed by atoms with Crippen molar-refractivity contribution in [3.8, 4) is 0 Å². The molecule has 0 rings (SSSR count). The van der Waals surface area contributed by atoms with Crippen molar-refractivity contribution in [3.63, 3.8) is 0 Å². The minimum Gasteiger partial charge on any atom is -0.393 e. The number of carbonyl (C=O) groups is 1. The maximum atomic E-state index is 12.1. The molecule has 3 N–H and O–H groups in total. The predicted octanol–water partition coefficient (Wildman–Crippen LogP) is 0.152. The highest BCUT2D eigenvalue weighted by Gasteiger charge is 2.20. The Kier molecular flexibility index (Phi) is 11.6. The molecule has 0 saturated carbocycles. The second-order valence-electron chi connectivity index (χ2n) is 4.56. The van der Waals surface area contributed by atoms with E-state index in [1.165, 1.54) is 0 Å². The van der Waals surface area contributed by atoms with E-state index in [9.17, 15) is 4.79 Å². The lowest BCUT2D eigenvalue weighted by atomic mass is 10.2. The molecule has 0 fully saturated rings. The van der Waals surface area contributed by atoms with E-state index in [0.29, 0.717) is 44.3 Å². The predicted molar refractivity (Wildman–Crippen MR) is 83.8 cm³/mol.